The SMILES string of the molecule is COc1ccc2ncc(Cl)c(C(F)CCC3(CC(=O)O)CCN(CCCCc4ccsc4)CC3)c2c1. The fourth-order valence-electron chi connectivity index (χ4n) is 5.38. The maximum Gasteiger partial charge on any atom is 0.303 e. The van der Waals surface area contributed by atoms with Crippen LogP contribution in [0.1, 0.15) is 62.2 Å². The molecule has 0 amide bonds. The topological polar surface area (TPSA) is 62.7 Å². The van der Waals surface area contributed by atoms with E-state index in [-0.39, 0.29) is 17.9 Å². The highest BCUT2D eigenvalue weighted by Gasteiger charge is 2.37. The number of piperidine rings is 1. The van der Waals surface area contributed by atoms with Crippen LogP contribution in [0, 0.1) is 5.41 Å². The molecule has 1 aliphatic heterocycles. The molecule has 0 spiro atoms. The first-order valence-electron chi connectivity index (χ1n) is 12.6. The number of aryl methyl sites for hydroxylation is 1. The third-order valence-electron chi connectivity index (χ3n) is 7.52. The van der Waals surface area contributed by atoms with Gasteiger partial charge in [-0.2, -0.15) is 11.3 Å². The van der Waals surface area contributed by atoms with Crippen LogP contribution in [0.15, 0.2) is 41.2 Å². The lowest BCUT2D eigenvalue weighted by Gasteiger charge is -2.41. The number of rotatable bonds is 12. The zero-order chi connectivity index (χ0) is 25.5. The second-order valence-electron chi connectivity index (χ2n) is 9.91. The van der Waals surface area contributed by atoms with Crippen molar-refractivity contribution >= 4 is 39.8 Å². The highest BCUT2D eigenvalue weighted by atomic mass is 35.5. The van der Waals surface area contributed by atoms with E-state index in [1.165, 1.54) is 11.8 Å². The number of halogens is 2. The van der Waals surface area contributed by atoms with Crippen molar-refractivity contribution in [3.63, 3.8) is 0 Å². The van der Waals surface area contributed by atoms with Gasteiger partial charge < -0.3 is 14.7 Å². The van der Waals surface area contributed by atoms with Crippen molar-refractivity contribution in [1.29, 1.82) is 0 Å². The second-order valence-corrected chi connectivity index (χ2v) is 11.1. The lowest BCUT2D eigenvalue weighted by Crippen LogP contribution is -2.41. The number of hydrogen-bond acceptors (Lipinski definition) is 5. The van der Waals surface area contributed by atoms with Crippen molar-refractivity contribution in [2.75, 3.05) is 26.7 Å². The van der Waals surface area contributed by atoms with E-state index in [0.29, 0.717) is 28.6 Å². The summed E-state index contributed by atoms with van der Waals surface area (Å²) in [6.07, 6.45) is 5.93. The molecule has 1 N–H and O–H groups in total. The van der Waals surface area contributed by atoms with Crippen LogP contribution in [-0.4, -0.2) is 47.7 Å². The summed E-state index contributed by atoms with van der Waals surface area (Å²) in [4.78, 5) is 18.5. The van der Waals surface area contributed by atoms with E-state index < -0.39 is 17.6 Å². The zero-order valence-electron chi connectivity index (χ0n) is 20.7. The van der Waals surface area contributed by atoms with E-state index in [1.54, 1.807) is 36.6 Å². The number of likely N-dealkylation sites (tertiary alicyclic amines) is 1. The van der Waals surface area contributed by atoms with Crippen LogP contribution in [0.2, 0.25) is 5.02 Å². The van der Waals surface area contributed by atoms with E-state index >= 15 is 4.39 Å². The number of carboxylic acid groups (broad SMARTS) is 1. The molecule has 2 aromatic heterocycles. The van der Waals surface area contributed by atoms with Gasteiger partial charge in [0.05, 0.1) is 24.1 Å². The van der Waals surface area contributed by atoms with E-state index in [0.717, 1.165) is 51.7 Å². The van der Waals surface area contributed by atoms with Gasteiger partial charge in [0, 0.05) is 17.1 Å². The number of carboxylic acids is 1. The number of methoxy groups -OCH3 is 1. The Morgan fingerprint density at radius 2 is 2.11 bits per heavy atom. The van der Waals surface area contributed by atoms with E-state index in [4.69, 9.17) is 16.3 Å². The minimum Gasteiger partial charge on any atom is -0.497 e. The first-order valence-corrected chi connectivity index (χ1v) is 13.9. The van der Waals surface area contributed by atoms with Crippen LogP contribution in [0.4, 0.5) is 4.39 Å². The van der Waals surface area contributed by atoms with Crippen molar-refractivity contribution in [3.05, 3.63) is 57.4 Å². The molecular weight excluding hydrogens is 499 g/mol. The minimum absolute atomic E-state index is 0.0738. The summed E-state index contributed by atoms with van der Waals surface area (Å²) < 4.78 is 21.0. The van der Waals surface area contributed by atoms with Crippen LogP contribution in [0.25, 0.3) is 10.9 Å². The number of aromatic nitrogens is 1. The van der Waals surface area contributed by atoms with Crippen molar-refractivity contribution in [1.82, 2.24) is 9.88 Å². The number of nitrogens with zero attached hydrogens (tertiary/aromatic N) is 2. The number of thiophene rings is 1. The molecule has 3 heterocycles. The normalized spacial score (nSPS) is 16.8. The molecule has 1 saturated heterocycles. The maximum atomic E-state index is 15.7. The third-order valence-corrected chi connectivity index (χ3v) is 8.56. The number of ether oxygens (including phenoxy) is 1. The van der Waals surface area contributed by atoms with Gasteiger partial charge in [-0.25, -0.2) is 4.39 Å². The van der Waals surface area contributed by atoms with Crippen LogP contribution in [0.3, 0.4) is 0 Å². The molecule has 1 atom stereocenters. The van der Waals surface area contributed by atoms with Gasteiger partial charge in [0.15, 0.2) is 0 Å². The summed E-state index contributed by atoms with van der Waals surface area (Å²) in [6.45, 7) is 2.75. The number of benzene rings is 1. The first-order chi connectivity index (χ1) is 17.4. The van der Waals surface area contributed by atoms with Gasteiger partial charge in [-0.15, -0.1) is 0 Å². The predicted octanol–water partition coefficient (Wildman–Crippen LogP) is 7.33. The molecule has 3 aromatic rings. The quantitative estimate of drug-likeness (QED) is 0.247. The van der Waals surface area contributed by atoms with Gasteiger partial charge in [-0.05, 0) is 111 Å². The van der Waals surface area contributed by atoms with Crippen molar-refractivity contribution < 1.29 is 19.0 Å². The molecule has 0 bridgehead atoms. The van der Waals surface area contributed by atoms with Crippen molar-refractivity contribution in [2.24, 2.45) is 5.41 Å². The van der Waals surface area contributed by atoms with Gasteiger partial charge in [0.25, 0.3) is 0 Å². The minimum atomic E-state index is -1.31. The monoisotopic (exact) mass is 532 g/mol. The molecular formula is C28H34ClFN2O3S. The Morgan fingerprint density at radius 1 is 1.31 bits per heavy atom. The lowest BCUT2D eigenvalue weighted by molar-refractivity contribution is -0.141. The number of unbranched alkanes of at least 4 members (excludes halogenated alkanes) is 1. The summed E-state index contributed by atoms with van der Waals surface area (Å²) in [5, 5.41) is 14.9. The zero-order valence-corrected chi connectivity index (χ0v) is 22.3. The number of alkyl halides is 1. The highest BCUT2D eigenvalue weighted by molar-refractivity contribution is 7.07. The molecule has 5 nitrogen and oxygen atoms in total. The van der Waals surface area contributed by atoms with Gasteiger partial charge in [0.1, 0.15) is 11.9 Å². The molecule has 1 fully saturated rings. The Hall–Kier alpha value is -2.22. The largest absolute Gasteiger partial charge is 0.497 e. The van der Waals surface area contributed by atoms with Crippen LogP contribution in [-0.2, 0) is 11.2 Å². The van der Waals surface area contributed by atoms with Gasteiger partial charge in [-0.1, -0.05) is 11.6 Å². The average molecular weight is 533 g/mol. The van der Waals surface area contributed by atoms with Crippen molar-refractivity contribution in [3.8, 4) is 5.75 Å². The third kappa shape index (κ3) is 6.75. The number of carbonyl (C=O) groups is 1. The second kappa shape index (κ2) is 12.3. The first kappa shape index (κ1) is 26.8. The molecule has 194 valence electrons. The summed E-state index contributed by atoms with van der Waals surface area (Å²) in [6, 6.07) is 7.53. The van der Waals surface area contributed by atoms with Crippen LogP contribution >= 0.6 is 22.9 Å². The molecule has 0 saturated carbocycles. The molecule has 0 aliphatic carbocycles. The molecule has 1 unspecified atom stereocenters. The van der Waals surface area contributed by atoms with E-state index in [2.05, 4.69) is 26.7 Å². The Kier molecular flexibility index (Phi) is 9.20. The number of pyridine rings is 1. The fourth-order valence-corrected chi connectivity index (χ4v) is 6.35. The average Bonchev–Trinajstić information content (AvgIpc) is 3.39. The molecule has 36 heavy (non-hydrogen) atoms. The molecule has 4 rings (SSSR count). The standard InChI is InChI=1S/C28H34ClFN2O3S/c1-35-21-5-6-25-22(16-21)27(23(29)18-31-25)24(30)7-9-28(17-26(33)34)10-13-32(14-11-28)12-3-2-4-20-8-15-36-19-20/h5-6,8,15-16,18-19,24H,2-4,7,9-14,17H2,1H3,(H,33,34). The maximum absolute atomic E-state index is 15.7. The number of aliphatic carboxylic acids is 1. The highest BCUT2D eigenvalue weighted by Crippen LogP contribution is 2.44. The Morgan fingerprint density at radius 3 is 2.81 bits per heavy atom. The van der Waals surface area contributed by atoms with Crippen LogP contribution in [0.5, 0.6) is 5.75 Å². The fraction of sp³-hybridized carbons (Fsp3) is 0.500. The summed E-state index contributed by atoms with van der Waals surface area (Å²) in [5.41, 5.74) is 2.08. The molecule has 0 radical (unpaired) electrons. The predicted molar refractivity (Wildman–Crippen MR) is 144 cm³/mol. The number of fused-ring (bicyclic) bond motifs is 1. The van der Waals surface area contributed by atoms with Crippen LogP contribution < -0.4 is 4.74 Å². The summed E-state index contributed by atoms with van der Waals surface area (Å²) in [5.74, 6) is -0.197. The van der Waals surface area contributed by atoms with Crippen molar-refractivity contribution in [2.45, 2.75) is 57.5 Å². The smallest absolute Gasteiger partial charge is 0.303 e. The van der Waals surface area contributed by atoms with Gasteiger partial charge >= 0.3 is 5.97 Å². The molecule has 8 heteroatoms. The summed E-state index contributed by atoms with van der Waals surface area (Å²) >= 11 is 8.14. The van der Waals surface area contributed by atoms with Gasteiger partial charge in [0.2, 0.25) is 0 Å². The molecule has 1 aromatic carbocycles. The Balaban J connectivity index is 1.37. The summed E-state index contributed by atoms with van der Waals surface area (Å²) in [7, 11) is 1.57. The number of hydrogen-bond donors (Lipinski definition) is 1. The van der Waals surface area contributed by atoms with E-state index in [1.807, 2.05) is 0 Å². The Labute approximate surface area is 221 Å². The lowest BCUT2D eigenvalue weighted by atomic mass is 9.71. The Bertz CT molecular complexity index is 1150. The van der Waals surface area contributed by atoms with E-state index in [9.17, 15) is 9.90 Å². The van der Waals surface area contributed by atoms with Gasteiger partial charge in [-0.3, -0.25) is 9.78 Å². The molecule has 1 aliphatic rings.